The molecule has 2 amide bonds. The number of carbonyl (C=O) groups excluding carboxylic acids is 1. The molecule has 0 radical (unpaired) electrons. The normalized spacial score (nSPS) is 14.9. The van der Waals surface area contributed by atoms with Crippen molar-refractivity contribution in [3.8, 4) is 6.07 Å². The van der Waals surface area contributed by atoms with Crippen molar-refractivity contribution < 1.29 is 18.0 Å². The first-order valence-corrected chi connectivity index (χ1v) is 9.64. The molecule has 0 aromatic heterocycles. The van der Waals surface area contributed by atoms with Gasteiger partial charge in [-0.3, -0.25) is 4.90 Å². The van der Waals surface area contributed by atoms with Crippen molar-refractivity contribution in [2.75, 3.05) is 10.2 Å². The summed E-state index contributed by atoms with van der Waals surface area (Å²) in [5, 5.41) is 12.3. The zero-order valence-electron chi connectivity index (χ0n) is 15.5. The zero-order chi connectivity index (χ0) is 21.0. The van der Waals surface area contributed by atoms with Crippen molar-refractivity contribution in [2.24, 2.45) is 0 Å². The highest BCUT2D eigenvalue weighted by molar-refractivity contribution is 6.30. The van der Waals surface area contributed by atoms with E-state index in [2.05, 4.69) is 5.32 Å². The van der Waals surface area contributed by atoms with Gasteiger partial charge in [-0.1, -0.05) is 30.9 Å². The van der Waals surface area contributed by atoms with Gasteiger partial charge in [0.05, 0.1) is 17.2 Å². The van der Waals surface area contributed by atoms with Gasteiger partial charge in [-0.25, -0.2) is 4.79 Å². The molecule has 2 aromatic carbocycles. The molecular formula is C21H19ClF3N3O. The Bertz CT molecular complexity index is 916. The summed E-state index contributed by atoms with van der Waals surface area (Å²) in [6.45, 7) is 0. The average Bonchev–Trinajstić information content (AvgIpc) is 2.70. The number of carbonyl (C=O) groups is 1. The Morgan fingerprint density at radius 3 is 2.34 bits per heavy atom. The van der Waals surface area contributed by atoms with Crippen molar-refractivity contribution in [1.29, 1.82) is 5.26 Å². The second-order valence-electron chi connectivity index (χ2n) is 6.94. The van der Waals surface area contributed by atoms with Crippen LogP contribution in [-0.2, 0) is 6.18 Å². The first kappa shape index (κ1) is 21.0. The highest BCUT2D eigenvalue weighted by atomic mass is 35.5. The van der Waals surface area contributed by atoms with E-state index in [0.717, 1.165) is 31.4 Å². The summed E-state index contributed by atoms with van der Waals surface area (Å²) in [7, 11) is 0. The van der Waals surface area contributed by atoms with Crippen molar-refractivity contribution in [3.63, 3.8) is 0 Å². The third-order valence-electron chi connectivity index (χ3n) is 4.96. The summed E-state index contributed by atoms with van der Waals surface area (Å²) in [5.74, 6) is 0. The minimum atomic E-state index is -4.69. The van der Waals surface area contributed by atoms with Gasteiger partial charge in [0.1, 0.15) is 0 Å². The number of nitrogens with zero attached hydrogens (tertiary/aromatic N) is 2. The van der Waals surface area contributed by atoms with Gasteiger partial charge in [0.2, 0.25) is 0 Å². The van der Waals surface area contributed by atoms with Crippen LogP contribution in [-0.4, -0.2) is 12.1 Å². The summed E-state index contributed by atoms with van der Waals surface area (Å²) in [6.07, 6.45) is -0.448. The molecule has 1 aliphatic rings. The molecule has 0 spiro atoms. The van der Waals surface area contributed by atoms with E-state index in [1.54, 1.807) is 30.3 Å². The molecule has 0 saturated heterocycles. The standard InChI is InChI=1S/C21H19ClF3N3O/c22-15-7-9-16(10-8-15)27-20(29)28(17-4-2-1-3-5-17)18-11-6-14(13-26)19(12-18)21(23,24)25/h6-12,17H,1-5H2,(H,27,29). The molecule has 1 aliphatic carbocycles. The fourth-order valence-electron chi connectivity index (χ4n) is 3.56. The fraction of sp³-hybridized carbons (Fsp3) is 0.333. The van der Waals surface area contributed by atoms with Crippen LogP contribution in [0, 0.1) is 11.3 Å². The maximum Gasteiger partial charge on any atom is 0.417 e. The maximum absolute atomic E-state index is 13.4. The molecule has 1 N–H and O–H groups in total. The van der Waals surface area contributed by atoms with Gasteiger partial charge in [-0.15, -0.1) is 0 Å². The molecule has 0 heterocycles. The molecule has 0 bridgehead atoms. The van der Waals surface area contributed by atoms with Crippen LogP contribution in [0.5, 0.6) is 0 Å². The van der Waals surface area contributed by atoms with Crippen LogP contribution >= 0.6 is 11.6 Å². The summed E-state index contributed by atoms with van der Waals surface area (Å²) >= 11 is 5.86. The minimum absolute atomic E-state index is 0.120. The van der Waals surface area contributed by atoms with Gasteiger partial charge >= 0.3 is 12.2 Å². The number of nitrogens with one attached hydrogen (secondary N) is 1. The number of benzene rings is 2. The van der Waals surface area contributed by atoms with Gasteiger partial charge in [0.25, 0.3) is 0 Å². The number of alkyl halides is 3. The molecule has 0 unspecified atom stereocenters. The van der Waals surface area contributed by atoms with Crippen LogP contribution in [0.1, 0.15) is 43.2 Å². The first-order chi connectivity index (χ1) is 13.8. The summed E-state index contributed by atoms with van der Waals surface area (Å²) < 4.78 is 40.3. The Balaban J connectivity index is 1.98. The van der Waals surface area contributed by atoms with E-state index in [0.29, 0.717) is 23.6 Å². The van der Waals surface area contributed by atoms with E-state index in [4.69, 9.17) is 16.9 Å². The van der Waals surface area contributed by atoms with Crippen molar-refractivity contribution in [1.82, 2.24) is 0 Å². The van der Waals surface area contributed by atoms with Crippen molar-refractivity contribution in [3.05, 3.63) is 58.6 Å². The molecule has 1 saturated carbocycles. The lowest BCUT2D eigenvalue weighted by atomic mass is 9.93. The Labute approximate surface area is 171 Å². The van der Waals surface area contributed by atoms with Gasteiger partial charge in [-0.05, 0) is 55.3 Å². The van der Waals surface area contributed by atoms with Gasteiger partial charge in [-0.2, -0.15) is 18.4 Å². The molecule has 152 valence electrons. The van der Waals surface area contributed by atoms with Crippen molar-refractivity contribution >= 4 is 29.0 Å². The molecule has 3 rings (SSSR count). The smallest absolute Gasteiger partial charge is 0.308 e. The highest BCUT2D eigenvalue weighted by Crippen LogP contribution is 2.36. The van der Waals surface area contributed by atoms with E-state index < -0.39 is 23.3 Å². The minimum Gasteiger partial charge on any atom is -0.308 e. The second-order valence-corrected chi connectivity index (χ2v) is 7.37. The molecule has 2 aromatic rings. The average molecular weight is 422 g/mol. The largest absolute Gasteiger partial charge is 0.417 e. The number of halogens is 4. The molecule has 4 nitrogen and oxygen atoms in total. The fourth-order valence-corrected chi connectivity index (χ4v) is 3.69. The van der Waals surface area contributed by atoms with E-state index in [-0.39, 0.29) is 11.7 Å². The quantitative estimate of drug-likeness (QED) is 0.606. The van der Waals surface area contributed by atoms with Crippen LogP contribution in [0.2, 0.25) is 5.02 Å². The van der Waals surface area contributed by atoms with Gasteiger partial charge in [0, 0.05) is 22.4 Å². The van der Waals surface area contributed by atoms with Gasteiger partial charge in [0.15, 0.2) is 0 Å². The lowest BCUT2D eigenvalue weighted by molar-refractivity contribution is -0.137. The molecule has 0 aliphatic heterocycles. The number of anilines is 2. The monoisotopic (exact) mass is 421 g/mol. The Hall–Kier alpha value is -2.72. The maximum atomic E-state index is 13.4. The first-order valence-electron chi connectivity index (χ1n) is 9.26. The molecule has 0 atom stereocenters. The predicted octanol–water partition coefficient (Wildman–Crippen LogP) is 6.60. The summed E-state index contributed by atoms with van der Waals surface area (Å²) in [6, 6.07) is 10.7. The van der Waals surface area contributed by atoms with Gasteiger partial charge < -0.3 is 5.32 Å². The lowest BCUT2D eigenvalue weighted by Gasteiger charge is -2.34. The number of rotatable bonds is 3. The molecule has 8 heteroatoms. The lowest BCUT2D eigenvalue weighted by Crippen LogP contribution is -2.44. The Morgan fingerprint density at radius 1 is 1.10 bits per heavy atom. The Morgan fingerprint density at radius 2 is 1.76 bits per heavy atom. The topological polar surface area (TPSA) is 56.1 Å². The van der Waals surface area contributed by atoms with Crippen LogP contribution in [0.3, 0.4) is 0 Å². The van der Waals surface area contributed by atoms with Crippen LogP contribution in [0.4, 0.5) is 29.3 Å². The second kappa shape index (κ2) is 8.75. The van der Waals surface area contributed by atoms with E-state index in [9.17, 15) is 18.0 Å². The molecule has 1 fully saturated rings. The number of urea groups is 1. The molecular weight excluding hydrogens is 403 g/mol. The van der Waals surface area contributed by atoms with E-state index >= 15 is 0 Å². The van der Waals surface area contributed by atoms with Crippen LogP contribution in [0.15, 0.2) is 42.5 Å². The van der Waals surface area contributed by atoms with Crippen molar-refractivity contribution in [2.45, 2.75) is 44.3 Å². The van der Waals surface area contributed by atoms with E-state index in [1.807, 2.05) is 0 Å². The SMILES string of the molecule is N#Cc1ccc(N(C(=O)Nc2ccc(Cl)cc2)C2CCCCC2)cc1C(F)(F)F. The number of hydrogen-bond donors (Lipinski definition) is 1. The number of nitriles is 1. The van der Waals surface area contributed by atoms with E-state index in [1.165, 1.54) is 11.0 Å². The third kappa shape index (κ3) is 5.01. The number of hydrogen-bond acceptors (Lipinski definition) is 2. The highest BCUT2D eigenvalue weighted by Gasteiger charge is 2.35. The zero-order valence-corrected chi connectivity index (χ0v) is 16.2. The van der Waals surface area contributed by atoms with Crippen LogP contribution in [0.25, 0.3) is 0 Å². The molecule has 29 heavy (non-hydrogen) atoms. The Kier molecular flexibility index (Phi) is 6.33. The summed E-state index contributed by atoms with van der Waals surface area (Å²) in [5.41, 5.74) is -0.903. The predicted molar refractivity (Wildman–Crippen MR) is 106 cm³/mol. The number of amides is 2. The summed E-state index contributed by atoms with van der Waals surface area (Å²) in [4.78, 5) is 14.4. The third-order valence-corrected chi connectivity index (χ3v) is 5.21. The van der Waals surface area contributed by atoms with Crippen LogP contribution < -0.4 is 10.2 Å².